The number of carboxylic acids is 1. The van der Waals surface area contributed by atoms with Gasteiger partial charge < -0.3 is 14.9 Å². The molecule has 1 aromatic carbocycles. The largest absolute Gasteiger partial charge is 0.492 e. The second kappa shape index (κ2) is 4.75. The van der Waals surface area contributed by atoms with Crippen molar-refractivity contribution in [3.63, 3.8) is 0 Å². The van der Waals surface area contributed by atoms with Crippen molar-refractivity contribution in [3.8, 4) is 5.75 Å². The maximum absolute atomic E-state index is 11.4. The first kappa shape index (κ1) is 11.9. The van der Waals surface area contributed by atoms with E-state index < -0.39 is 11.4 Å². The molecule has 1 aromatic rings. The Morgan fingerprint density at radius 1 is 1.41 bits per heavy atom. The van der Waals surface area contributed by atoms with Gasteiger partial charge in [0.05, 0.1) is 0 Å². The van der Waals surface area contributed by atoms with Crippen molar-refractivity contribution in [3.05, 3.63) is 29.8 Å². The Bertz CT molecular complexity index is 416. The molecule has 0 radical (unpaired) electrons. The van der Waals surface area contributed by atoms with Crippen LogP contribution in [0.3, 0.4) is 0 Å². The minimum atomic E-state index is -0.892. The van der Waals surface area contributed by atoms with Crippen LogP contribution in [-0.2, 0) is 11.2 Å². The highest BCUT2D eigenvalue weighted by Crippen LogP contribution is 2.37. The number of hydrogen-bond donors (Lipinski definition) is 2. The summed E-state index contributed by atoms with van der Waals surface area (Å²) in [6.07, 6.45) is 1.39. The molecule has 0 aromatic heterocycles. The predicted octanol–water partition coefficient (Wildman–Crippen LogP) is 1.47. The first-order valence-electron chi connectivity index (χ1n) is 5.73. The minimum Gasteiger partial charge on any atom is -0.492 e. The van der Waals surface area contributed by atoms with Crippen molar-refractivity contribution < 1.29 is 19.7 Å². The van der Waals surface area contributed by atoms with E-state index in [0.717, 1.165) is 11.3 Å². The number of aliphatic hydroxyl groups is 1. The molecule has 4 nitrogen and oxygen atoms in total. The van der Waals surface area contributed by atoms with E-state index in [1.54, 1.807) is 0 Å². The van der Waals surface area contributed by atoms with Crippen LogP contribution in [0.2, 0.25) is 0 Å². The number of fused-ring (bicyclic) bond motifs is 1. The van der Waals surface area contributed by atoms with E-state index in [2.05, 4.69) is 0 Å². The fourth-order valence-corrected chi connectivity index (χ4v) is 2.24. The molecule has 4 heteroatoms. The molecule has 1 aliphatic heterocycles. The normalized spacial score (nSPS) is 22.6. The molecule has 0 saturated carbocycles. The molecular weight excluding hydrogens is 220 g/mol. The molecule has 17 heavy (non-hydrogen) atoms. The molecule has 0 amide bonds. The maximum atomic E-state index is 11.4. The number of hydrogen-bond acceptors (Lipinski definition) is 3. The van der Waals surface area contributed by atoms with Crippen LogP contribution in [0.15, 0.2) is 24.3 Å². The summed E-state index contributed by atoms with van der Waals surface area (Å²) in [6.45, 7) is 0.190. The number of aliphatic hydroxyl groups excluding tert-OH is 1. The van der Waals surface area contributed by atoms with Gasteiger partial charge in [0.25, 0.3) is 0 Å². The monoisotopic (exact) mass is 236 g/mol. The van der Waals surface area contributed by atoms with Gasteiger partial charge >= 0.3 is 5.97 Å². The van der Waals surface area contributed by atoms with Gasteiger partial charge in [0.1, 0.15) is 17.8 Å². The molecule has 1 unspecified atom stereocenters. The number of aliphatic carboxylic acids is 1. The van der Waals surface area contributed by atoms with Crippen LogP contribution in [0.4, 0.5) is 0 Å². The van der Waals surface area contributed by atoms with Gasteiger partial charge in [-0.25, -0.2) is 0 Å². The van der Waals surface area contributed by atoms with Crippen molar-refractivity contribution in [1.29, 1.82) is 0 Å². The number of para-hydroxylation sites is 1. The predicted molar refractivity (Wildman–Crippen MR) is 62.0 cm³/mol. The van der Waals surface area contributed by atoms with E-state index in [9.17, 15) is 9.90 Å². The Morgan fingerprint density at radius 3 is 2.88 bits per heavy atom. The zero-order valence-electron chi connectivity index (χ0n) is 9.56. The number of carboxylic acid groups (broad SMARTS) is 1. The highest BCUT2D eigenvalue weighted by atomic mass is 16.5. The number of rotatable bonds is 4. The van der Waals surface area contributed by atoms with Crippen LogP contribution >= 0.6 is 0 Å². The van der Waals surface area contributed by atoms with E-state index >= 15 is 0 Å². The van der Waals surface area contributed by atoms with Crippen molar-refractivity contribution in [1.82, 2.24) is 0 Å². The number of carbonyl (C=O) groups is 1. The Morgan fingerprint density at radius 2 is 2.18 bits per heavy atom. The summed E-state index contributed by atoms with van der Waals surface area (Å²) < 4.78 is 5.54. The van der Waals surface area contributed by atoms with Crippen LogP contribution in [0, 0.1) is 5.41 Å². The van der Waals surface area contributed by atoms with Crippen LogP contribution in [0.25, 0.3) is 0 Å². The van der Waals surface area contributed by atoms with Gasteiger partial charge in [-0.05, 0) is 30.9 Å². The van der Waals surface area contributed by atoms with Crippen molar-refractivity contribution >= 4 is 5.97 Å². The van der Waals surface area contributed by atoms with Gasteiger partial charge in [-0.3, -0.25) is 4.79 Å². The summed E-state index contributed by atoms with van der Waals surface area (Å²) in [5, 5.41) is 18.2. The van der Waals surface area contributed by atoms with Crippen LogP contribution in [-0.4, -0.2) is 29.4 Å². The smallest absolute Gasteiger partial charge is 0.313 e. The summed E-state index contributed by atoms with van der Waals surface area (Å²) in [4.78, 5) is 11.4. The lowest BCUT2D eigenvalue weighted by Gasteiger charge is -2.34. The quantitative estimate of drug-likeness (QED) is 0.830. The fourth-order valence-electron chi connectivity index (χ4n) is 2.24. The highest BCUT2D eigenvalue weighted by molar-refractivity contribution is 5.76. The molecule has 1 aliphatic rings. The van der Waals surface area contributed by atoms with Crippen LogP contribution in [0.1, 0.15) is 18.4 Å². The fraction of sp³-hybridized carbons (Fsp3) is 0.462. The third kappa shape index (κ3) is 2.26. The molecule has 1 heterocycles. The molecule has 1 atom stereocenters. The molecule has 0 saturated heterocycles. The van der Waals surface area contributed by atoms with Crippen molar-refractivity contribution in [2.75, 3.05) is 13.2 Å². The van der Waals surface area contributed by atoms with Crippen LogP contribution in [0.5, 0.6) is 5.75 Å². The first-order valence-corrected chi connectivity index (χ1v) is 5.73. The third-order valence-electron chi connectivity index (χ3n) is 3.27. The van der Waals surface area contributed by atoms with E-state index in [1.807, 2.05) is 24.3 Å². The molecular formula is C13H16O4. The minimum absolute atomic E-state index is 0.0106. The first-order chi connectivity index (χ1) is 8.18. The van der Waals surface area contributed by atoms with Gasteiger partial charge in [0, 0.05) is 6.61 Å². The molecule has 92 valence electrons. The highest BCUT2D eigenvalue weighted by Gasteiger charge is 2.42. The molecule has 0 spiro atoms. The molecule has 0 aliphatic carbocycles. The summed E-state index contributed by atoms with van der Waals surface area (Å²) in [5.74, 6) is -0.0752. The zero-order valence-corrected chi connectivity index (χ0v) is 9.56. The van der Waals surface area contributed by atoms with Gasteiger partial charge in [-0.2, -0.15) is 0 Å². The number of ether oxygens (including phenoxy) is 1. The SMILES string of the molecule is O=C(O)C1(CCCO)COc2ccccc2C1. The lowest BCUT2D eigenvalue weighted by Crippen LogP contribution is -2.42. The summed E-state index contributed by atoms with van der Waals surface area (Å²) in [7, 11) is 0. The van der Waals surface area contributed by atoms with Gasteiger partial charge in [-0.1, -0.05) is 18.2 Å². The van der Waals surface area contributed by atoms with E-state index in [1.165, 1.54) is 0 Å². The Labute approximate surface area is 99.8 Å². The number of benzene rings is 1. The Hall–Kier alpha value is -1.55. The summed E-state index contributed by atoms with van der Waals surface area (Å²) in [6, 6.07) is 7.50. The third-order valence-corrected chi connectivity index (χ3v) is 3.27. The summed E-state index contributed by atoms with van der Waals surface area (Å²) in [5.41, 5.74) is 0.0379. The van der Waals surface area contributed by atoms with E-state index in [-0.39, 0.29) is 13.2 Å². The van der Waals surface area contributed by atoms with E-state index in [4.69, 9.17) is 9.84 Å². The van der Waals surface area contributed by atoms with Crippen molar-refractivity contribution in [2.45, 2.75) is 19.3 Å². The second-order valence-corrected chi connectivity index (χ2v) is 4.49. The van der Waals surface area contributed by atoms with Gasteiger partial charge in [0.15, 0.2) is 0 Å². The molecule has 2 N–H and O–H groups in total. The van der Waals surface area contributed by atoms with Crippen molar-refractivity contribution in [2.24, 2.45) is 5.41 Å². The Kier molecular flexibility index (Phi) is 3.33. The lowest BCUT2D eigenvalue weighted by atomic mass is 9.77. The standard InChI is InChI=1S/C13H16O4/c14-7-3-6-13(12(15)16)8-10-4-1-2-5-11(10)17-9-13/h1-2,4-5,14H,3,6-9H2,(H,15,16). The van der Waals surface area contributed by atoms with Gasteiger partial charge in [0.2, 0.25) is 0 Å². The summed E-state index contributed by atoms with van der Waals surface area (Å²) >= 11 is 0. The zero-order chi connectivity index (χ0) is 12.3. The van der Waals surface area contributed by atoms with E-state index in [0.29, 0.717) is 19.3 Å². The lowest BCUT2D eigenvalue weighted by molar-refractivity contribution is -0.152. The second-order valence-electron chi connectivity index (χ2n) is 4.49. The molecule has 2 rings (SSSR count). The topological polar surface area (TPSA) is 66.8 Å². The Balaban J connectivity index is 2.24. The maximum Gasteiger partial charge on any atom is 0.313 e. The molecule has 0 bridgehead atoms. The van der Waals surface area contributed by atoms with Gasteiger partial charge in [-0.15, -0.1) is 0 Å². The average Bonchev–Trinajstić information content (AvgIpc) is 2.36. The average molecular weight is 236 g/mol. The van der Waals surface area contributed by atoms with Crippen LogP contribution < -0.4 is 4.74 Å². The molecule has 0 fully saturated rings.